The highest BCUT2D eigenvalue weighted by molar-refractivity contribution is 6.03. The monoisotopic (exact) mass is 273 g/mol. The number of aromatic nitrogens is 2. The van der Waals surface area contributed by atoms with Crippen LogP contribution in [0.4, 0.5) is 5.69 Å². The molecule has 0 aliphatic heterocycles. The van der Waals surface area contributed by atoms with Gasteiger partial charge in [-0.3, -0.25) is 14.6 Å². The van der Waals surface area contributed by atoms with Crippen LogP contribution in [0.5, 0.6) is 0 Å². The summed E-state index contributed by atoms with van der Waals surface area (Å²) >= 11 is 0. The summed E-state index contributed by atoms with van der Waals surface area (Å²) in [6.45, 7) is 3.53. The van der Waals surface area contributed by atoms with Gasteiger partial charge in [0.1, 0.15) is 5.56 Å². The Morgan fingerprint density at radius 3 is 2.55 bits per heavy atom. The standard InChI is InChI=1S/C13H12N4O3/c1-16(2)17-8-10(12(19)15-13(17)20)11(18)14-9-6-4-3-5-7-9/h3-8H,1H2,2H3,(H-,14,15,18,19,20)/p+1. The molecule has 0 aliphatic rings. The first-order valence-electron chi connectivity index (χ1n) is 5.76. The molecule has 1 aromatic heterocycles. The van der Waals surface area contributed by atoms with Gasteiger partial charge < -0.3 is 5.32 Å². The Morgan fingerprint density at radius 2 is 1.95 bits per heavy atom. The van der Waals surface area contributed by atoms with Crippen molar-refractivity contribution in [3.63, 3.8) is 0 Å². The molecule has 1 aromatic carbocycles. The highest BCUT2D eigenvalue weighted by Gasteiger charge is 2.15. The lowest BCUT2D eigenvalue weighted by Crippen LogP contribution is -2.38. The molecule has 7 nitrogen and oxygen atoms in total. The van der Waals surface area contributed by atoms with E-state index in [0.29, 0.717) is 5.69 Å². The van der Waals surface area contributed by atoms with Crippen LogP contribution >= 0.6 is 0 Å². The van der Waals surface area contributed by atoms with Crippen LogP contribution in [0.2, 0.25) is 0 Å². The molecule has 0 unspecified atom stereocenters. The van der Waals surface area contributed by atoms with Crippen LogP contribution < -0.4 is 16.6 Å². The van der Waals surface area contributed by atoms with E-state index in [4.69, 9.17) is 0 Å². The van der Waals surface area contributed by atoms with Crippen LogP contribution in [0.1, 0.15) is 10.4 Å². The third kappa shape index (κ3) is 2.72. The SMILES string of the molecule is C=[N+](C)n1cc(C(=O)Nc2ccccc2)c(=O)[nH]c1=O. The zero-order valence-corrected chi connectivity index (χ0v) is 10.8. The van der Waals surface area contributed by atoms with Gasteiger partial charge in [-0.25, -0.2) is 4.79 Å². The quantitative estimate of drug-likeness (QED) is 0.604. The van der Waals surface area contributed by atoms with Crippen LogP contribution in [-0.4, -0.2) is 34.0 Å². The number of carbonyl (C=O) groups is 1. The second-order valence-electron chi connectivity index (χ2n) is 4.12. The average molecular weight is 273 g/mol. The van der Waals surface area contributed by atoms with Crippen molar-refractivity contribution in [2.24, 2.45) is 0 Å². The summed E-state index contributed by atoms with van der Waals surface area (Å²) in [6, 6.07) is 8.70. The fraction of sp³-hybridized carbons (Fsp3) is 0.0769. The summed E-state index contributed by atoms with van der Waals surface area (Å²) in [6.07, 6.45) is 1.15. The molecule has 2 N–H and O–H groups in total. The molecule has 0 bridgehead atoms. The van der Waals surface area contributed by atoms with Gasteiger partial charge in [-0.1, -0.05) is 22.9 Å². The van der Waals surface area contributed by atoms with E-state index in [-0.39, 0.29) is 5.56 Å². The number of amides is 1. The predicted molar refractivity (Wildman–Crippen MR) is 74.4 cm³/mol. The number of rotatable bonds is 3. The molecule has 102 valence electrons. The maximum absolute atomic E-state index is 12.0. The molecule has 0 saturated heterocycles. The maximum Gasteiger partial charge on any atom is 0.382 e. The van der Waals surface area contributed by atoms with Crippen molar-refractivity contribution in [2.75, 3.05) is 12.4 Å². The van der Waals surface area contributed by atoms with Gasteiger partial charge in [-0.05, 0) is 12.1 Å². The Balaban J connectivity index is 2.40. The maximum atomic E-state index is 12.0. The molecule has 20 heavy (non-hydrogen) atoms. The van der Waals surface area contributed by atoms with E-state index in [2.05, 4.69) is 17.0 Å². The molecule has 0 spiro atoms. The molecule has 1 heterocycles. The predicted octanol–water partition coefficient (Wildman–Crippen LogP) is -0.105. The number of carbonyl (C=O) groups excluding carboxylic acids is 1. The van der Waals surface area contributed by atoms with Gasteiger partial charge >= 0.3 is 5.69 Å². The first-order valence-corrected chi connectivity index (χ1v) is 5.76. The van der Waals surface area contributed by atoms with Gasteiger partial charge in [0.25, 0.3) is 11.5 Å². The minimum Gasteiger partial charge on any atom is -0.322 e. The number of benzene rings is 1. The lowest BCUT2D eigenvalue weighted by molar-refractivity contribution is -0.553. The zero-order valence-electron chi connectivity index (χ0n) is 10.8. The molecule has 0 radical (unpaired) electrons. The van der Waals surface area contributed by atoms with Crippen molar-refractivity contribution < 1.29 is 9.48 Å². The van der Waals surface area contributed by atoms with E-state index in [1.807, 2.05) is 0 Å². The number of aromatic amines is 1. The third-order valence-corrected chi connectivity index (χ3v) is 2.57. The molecule has 0 atom stereocenters. The molecule has 1 amide bonds. The van der Waals surface area contributed by atoms with E-state index < -0.39 is 17.2 Å². The molecule has 2 rings (SSSR count). The van der Waals surface area contributed by atoms with Gasteiger partial charge in [-0.2, -0.15) is 0 Å². The van der Waals surface area contributed by atoms with E-state index >= 15 is 0 Å². The lowest BCUT2D eigenvalue weighted by atomic mass is 10.2. The van der Waals surface area contributed by atoms with Gasteiger partial charge in [-0.15, -0.1) is 4.68 Å². The fourth-order valence-electron chi connectivity index (χ4n) is 1.60. The highest BCUT2D eigenvalue weighted by atomic mass is 16.2. The smallest absolute Gasteiger partial charge is 0.322 e. The van der Waals surface area contributed by atoms with Gasteiger partial charge in [0.2, 0.25) is 0 Å². The number of anilines is 1. The van der Waals surface area contributed by atoms with Crippen LogP contribution in [0.15, 0.2) is 46.1 Å². The van der Waals surface area contributed by atoms with E-state index in [1.54, 1.807) is 30.3 Å². The molecular weight excluding hydrogens is 260 g/mol. The Labute approximate surface area is 113 Å². The summed E-state index contributed by atoms with van der Waals surface area (Å²) in [5, 5.41) is 2.57. The molecule has 0 aliphatic carbocycles. The lowest BCUT2D eigenvalue weighted by Gasteiger charge is -2.05. The van der Waals surface area contributed by atoms with Crippen molar-refractivity contribution in [3.8, 4) is 0 Å². The second-order valence-corrected chi connectivity index (χ2v) is 4.12. The summed E-state index contributed by atoms with van der Waals surface area (Å²) in [5.74, 6) is -0.604. The Bertz CT molecular complexity index is 774. The average Bonchev–Trinajstić information content (AvgIpc) is 2.39. The molecule has 0 saturated carbocycles. The fourth-order valence-corrected chi connectivity index (χ4v) is 1.60. The topological polar surface area (TPSA) is 87.0 Å². The number of hydrogen-bond acceptors (Lipinski definition) is 3. The molecule has 0 fully saturated rings. The number of H-pyrrole nitrogens is 1. The minimum absolute atomic E-state index is 0.177. The normalized spacial score (nSPS) is 10.1. The summed E-state index contributed by atoms with van der Waals surface area (Å²) in [7, 11) is 1.51. The van der Waals surface area contributed by atoms with E-state index in [9.17, 15) is 14.4 Å². The summed E-state index contributed by atoms with van der Waals surface area (Å²) in [4.78, 5) is 37.3. The van der Waals surface area contributed by atoms with Gasteiger partial charge in [0.15, 0.2) is 13.8 Å². The largest absolute Gasteiger partial charge is 0.382 e. The number of para-hydroxylation sites is 1. The van der Waals surface area contributed by atoms with Crippen LogP contribution in [-0.2, 0) is 0 Å². The first kappa shape index (κ1) is 13.5. The van der Waals surface area contributed by atoms with Crippen LogP contribution in [0.25, 0.3) is 0 Å². The van der Waals surface area contributed by atoms with E-state index in [0.717, 1.165) is 10.9 Å². The summed E-state index contributed by atoms with van der Waals surface area (Å²) < 4.78 is 2.23. The Kier molecular flexibility index (Phi) is 3.60. The van der Waals surface area contributed by atoms with Gasteiger partial charge in [0, 0.05) is 5.69 Å². The van der Waals surface area contributed by atoms with E-state index in [1.165, 1.54) is 11.7 Å². The van der Waals surface area contributed by atoms with Crippen molar-refractivity contribution in [2.45, 2.75) is 0 Å². The molecular formula is C13H13N4O3+. The van der Waals surface area contributed by atoms with Crippen molar-refractivity contribution in [3.05, 3.63) is 62.9 Å². The number of hydrogen-bond donors (Lipinski definition) is 2. The number of nitrogens with zero attached hydrogens (tertiary/aromatic N) is 2. The summed E-state index contributed by atoms with van der Waals surface area (Å²) in [5.41, 5.74) is -1.04. The second kappa shape index (κ2) is 5.35. The van der Waals surface area contributed by atoms with Crippen molar-refractivity contribution >= 4 is 18.3 Å². The van der Waals surface area contributed by atoms with Crippen LogP contribution in [0, 0.1) is 0 Å². The van der Waals surface area contributed by atoms with Crippen LogP contribution in [0.3, 0.4) is 0 Å². The van der Waals surface area contributed by atoms with Gasteiger partial charge in [0.05, 0.1) is 6.20 Å². The Morgan fingerprint density at radius 1 is 1.30 bits per heavy atom. The molecule has 7 heteroatoms. The van der Waals surface area contributed by atoms with Crippen molar-refractivity contribution in [1.29, 1.82) is 0 Å². The number of nitrogens with one attached hydrogen (secondary N) is 2. The highest BCUT2D eigenvalue weighted by Crippen LogP contribution is 2.06. The minimum atomic E-state index is -0.749. The molecule has 2 aromatic rings. The Hall–Kier alpha value is -2.96. The first-order chi connectivity index (χ1) is 9.49. The third-order valence-electron chi connectivity index (χ3n) is 2.57. The zero-order chi connectivity index (χ0) is 14.7. The van der Waals surface area contributed by atoms with Crippen molar-refractivity contribution in [1.82, 2.24) is 9.66 Å².